The monoisotopic (exact) mass is 753 g/mol. The van der Waals surface area contributed by atoms with Crippen molar-refractivity contribution >= 4 is 17.1 Å². The summed E-state index contributed by atoms with van der Waals surface area (Å²) in [6.45, 7) is 4.77. The highest BCUT2D eigenvalue weighted by Crippen LogP contribution is 2.59. The topological polar surface area (TPSA) is 3.24 Å². The second kappa shape index (κ2) is 13.7. The van der Waals surface area contributed by atoms with Crippen LogP contribution in [0, 0.1) is 0 Å². The molecule has 0 saturated carbocycles. The van der Waals surface area contributed by atoms with Crippen LogP contribution in [0.4, 0.5) is 17.1 Å². The molecular formula is C58H43N. The second-order valence-electron chi connectivity index (χ2n) is 16.4. The summed E-state index contributed by atoms with van der Waals surface area (Å²) in [7, 11) is 0. The van der Waals surface area contributed by atoms with Crippen LogP contribution in [0.15, 0.2) is 224 Å². The maximum absolute atomic E-state index is 2.52. The zero-order valence-electron chi connectivity index (χ0n) is 33.3. The molecule has 0 heterocycles. The largest absolute Gasteiger partial charge is 0.310 e. The third-order valence-electron chi connectivity index (χ3n) is 12.9. The van der Waals surface area contributed by atoms with Gasteiger partial charge in [-0.25, -0.2) is 0 Å². The molecule has 9 aromatic rings. The second-order valence-corrected chi connectivity index (χ2v) is 16.4. The van der Waals surface area contributed by atoms with Gasteiger partial charge >= 0.3 is 0 Å². The predicted molar refractivity (Wildman–Crippen MR) is 247 cm³/mol. The van der Waals surface area contributed by atoms with Crippen LogP contribution in [-0.2, 0) is 10.8 Å². The average Bonchev–Trinajstić information content (AvgIpc) is 3.73. The first-order valence-corrected chi connectivity index (χ1v) is 20.7. The van der Waals surface area contributed by atoms with Crippen LogP contribution in [0.25, 0.3) is 44.5 Å². The molecule has 0 atom stereocenters. The SMILES string of the molecule is CC1(C)c2ccccc2-c2cc(N(c3ccc4c(c3)C(c3ccccc3)(c3ccccc3)c3ccccc3-4)c3ccccc3-c3ccccc3)cc(-c3ccccc3)c21. The van der Waals surface area contributed by atoms with Gasteiger partial charge in [-0.05, 0) is 103 Å². The molecule has 9 aromatic carbocycles. The van der Waals surface area contributed by atoms with Crippen LogP contribution in [0.1, 0.15) is 47.2 Å². The molecule has 0 aromatic heterocycles. The maximum Gasteiger partial charge on any atom is 0.0714 e. The Morgan fingerprint density at radius 2 is 0.780 bits per heavy atom. The average molecular weight is 754 g/mol. The van der Waals surface area contributed by atoms with Crippen LogP contribution in [0.3, 0.4) is 0 Å². The van der Waals surface area contributed by atoms with Crippen LogP contribution in [0.2, 0.25) is 0 Å². The summed E-state index contributed by atoms with van der Waals surface area (Å²) in [6, 6.07) is 83.0. The van der Waals surface area contributed by atoms with E-state index in [4.69, 9.17) is 0 Å². The van der Waals surface area contributed by atoms with Crippen molar-refractivity contribution in [1.29, 1.82) is 0 Å². The minimum absolute atomic E-state index is 0.174. The number of anilines is 3. The van der Waals surface area contributed by atoms with Crippen molar-refractivity contribution in [2.45, 2.75) is 24.7 Å². The lowest BCUT2D eigenvalue weighted by atomic mass is 9.67. The Balaban J connectivity index is 1.24. The Bertz CT molecular complexity index is 2960. The molecular weight excluding hydrogens is 711 g/mol. The molecule has 0 N–H and O–H groups in total. The van der Waals surface area contributed by atoms with Gasteiger partial charge in [0.15, 0.2) is 0 Å². The summed E-state index contributed by atoms with van der Waals surface area (Å²) in [4.78, 5) is 2.52. The van der Waals surface area contributed by atoms with Gasteiger partial charge in [-0.2, -0.15) is 0 Å². The normalized spacial score (nSPS) is 13.9. The molecule has 0 bridgehead atoms. The molecule has 59 heavy (non-hydrogen) atoms. The summed E-state index contributed by atoms with van der Waals surface area (Å²) in [6.07, 6.45) is 0. The molecule has 0 radical (unpaired) electrons. The van der Waals surface area contributed by atoms with Crippen molar-refractivity contribution in [3.05, 3.63) is 258 Å². The molecule has 1 heteroatoms. The van der Waals surface area contributed by atoms with Crippen molar-refractivity contribution in [3.63, 3.8) is 0 Å². The van der Waals surface area contributed by atoms with Gasteiger partial charge in [-0.3, -0.25) is 0 Å². The predicted octanol–water partition coefficient (Wildman–Crippen LogP) is 15.2. The highest BCUT2D eigenvalue weighted by Gasteiger charge is 2.46. The van der Waals surface area contributed by atoms with E-state index < -0.39 is 5.41 Å². The summed E-state index contributed by atoms with van der Waals surface area (Å²) in [5.41, 5.74) is 20.5. The first-order chi connectivity index (χ1) is 29.0. The van der Waals surface area contributed by atoms with E-state index in [-0.39, 0.29) is 5.41 Å². The fraction of sp³-hybridized carbons (Fsp3) is 0.0690. The smallest absolute Gasteiger partial charge is 0.0714 e. The lowest BCUT2D eigenvalue weighted by Gasteiger charge is -2.35. The highest BCUT2D eigenvalue weighted by molar-refractivity contribution is 5.97. The molecule has 0 spiro atoms. The molecule has 0 aliphatic heterocycles. The first kappa shape index (κ1) is 35.0. The van der Waals surface area contributed by atoms with Crippen LogP contribution in [-0.4, -0.2) is 0 Å². The Kier molecular flexibility index (Phi) is 8.13. The highest BCUT2D eigenvalue weighted by atomic mass is 15.1. The lowest BCUT2D eigenvalue weighted by Crippen LogP contribution is -2.28. The van der Waals surface area contributed by atoms with Gasteiger partial charge in [0, 0.05) is 22.4 Å². The fourth-order valence-corrected chi connectivity index (χ4v) is 10.4. The van der Waals surface area contributed by atoms with E-state index in [0.29, 0.717) is 0 Å². The zero-order chi connectivity index (χ0) is 39.6. The molecule has 280 valence electrons. The molecule has 2 aliphatic rings. The molecule has 0 fully saturated rings. The Hall–Kier alpha value is -7.22. The molecule has 0 saturated heterocycles. The van der Waals surface area contributed by atoms with E-state index in [1.807, 2.05) is 0 Å². The number of para-hydroxylation sites is 1. The Morgan fingerprint density at radius 1 is 0.322 bits per heavy atom. The van der Waals surface area contributed by atoms with Gasteiger partial charge in [0.05, 0.1) is 11.1 Å². The van der Waals surface area contributed by atoms with Crippen LogP contribution < -0.4 is 4.90 Å². The van der Waals surface area contributed by atoms with E-state index >= 15 is 0 Å². The van der Waals surface area contributed by atoms with Gasteiger partial charge in [-0.1, -0.05) is 208 Å². The minimum Gasteiger partial charge on any atom is -0.310 e. The van der Waals surface area contributed by atoms with Crippen molar-refractivity contribution in [2.24, 2.45) is 0 Å². The van der Waals surface area contributed by atoms with Gasteiger partial charge in [0.1, 0.15) is 0 Å². The first-order valence-electron chi connectivity index (χ1n) is 20.7. The van der Waals surface area contributed by atoms with E-state index in [0.717, 1.165) is 17.1 Å². The van der Waals surface area contributed by atoms with E-state index in [2.05, 4.69) is 243 Å². The lowest BCUT2D eigenvalue weighted by molar-refractivity contribution is 0.662. The number of hydrogen-bond donors (Lipinski definition) is 0. The molecule has 11 rings (SSSR count). The van der Waals surface area contributed by atoms with Crippen LogP contribution >= 0.6 is 0 Å². The van der Waals surface area contributed by atoms with Gasteiger partial charge < -0.3 is 4.90 Å². The number of benzene rings is 9. The molecule has 0 amide bonds. The zero-order valence-corrected chi connectivity index (χ0v) is 33.3. The number of rotatable bonds is 7. The van der Waals surface area contributed by atoms with Crippen LogP contribution in [0.5, 0.6) is 0 Å². The summed E-state index contributed by atoms with van der Waals surface area (Å²) >= 11 is 0. The summed E-state index contributed by atoms with van der Waals surface area (Å²) < 4.78 is 0. The Morgan fingerprint density at radius 3 is 1.41 bits per heavy atom. The fourth-order valence-electron chi connectivity index (χ4n) is 10.4. The number of hydrogen-bond acceptors (Lipinski definition) is 1. The molecule has 2 aliphatic carbocycles. The minimum atomic E-state index is -0.523. The molecule has 0 unspecified atom stereocenters. The summed E-state index contributed by atoms with van der Waals surface area (Å²) in [5, 5.41) is 0. The van der Waals surface area contributed by atoms with Gasteiger partial charge in [0.25, 0.3) is 0 Å². The standard InChI is InChI=1S/C58H43N/c1-57(2)52-32-18-15-31-48(52)51-38-45(37-50(56(51)57)41-23-9-4-10-24-41)59(55-34-20-17-29-46(55)40-21-7-3-8-22-40)44-35-36-49-47-30-16-19-33-53(47)58(54(49)39-44,42-25-11-5-12-26-42)43-27-13-6-14-28-43/h3-39H,1-2H3. The van der Waals surface area contributed by atoms with Crippen molar-refractivity contribution < 1.29 is 0 Å². The van der Waals surface area contributed by atoms with Crippen molar-refractivity contribution in [3.8, 4) is 44.5 Å². The summed E-state index contributed by atoms with van der Waals surface area (Å²) in [5.74, 6) is 0. The van der Waals surface area contributed by atoms with Gasteiger partial charge in [-0.15, -0.1) is 0 Å². The third-order valence-corrected chi connectivity index (χ3v) is 12.9. The van der Waals surface area contributed by atoms with E-state index in [1.165, 1.54) is 77.9 Å². The Labute approximate surface area is 347 Å². The van der Waals surface area contributed by atoms with Crippen molar-refractivity contribution in [2.75, 3.05) is 4.90 Å². The molecule has 1 nitrogen and oxygen atoms in total. The van der Waals surface area contributed by atoms with Crippen molar-refractivity contribution in [1.82, 2.24) is 0 Å². The number of fused-ring (bicyclic) bond motifs is 6. The van der Waals surface area contributed by atoms with E-state index in [9.17, 15) is 0 Å². The maximum atomic E-state index is 2.52. The third kappa shape index (κ3) is 5.31. The van der Waals surface area contributed by atoms with E-state index in [1.54, 1.807) is 0 Å². The number of nitrogens with zero attached hydrogens (tertiary/aromatic N) is 1. The van der Waals surface area contributed by atoms with Gasteiger partial charge in [0.2, 0.25) is 0 Å². The quantitative estimate of drug-likeness (QED) is 0.157.